The van der Waals surface area contributed by atoms with E-state index in [4.69, 9.17) is 9.72 Å². The number of imidazole rings is 1. The number of nitrogens with zero attached hydrogens (tertiary/aromatic N) is 3. The number of carbonyl (C=O) groups excluding carboxylic acids is 1. The summed E-state index contributed by atoms with van der Waals surface area (Å²) in [7, 11) is 0. The van der Waals surface area contributed by atoms with Gasteiger partial charge in [-0.25, -0.2) is 4.98 Å². The lowest BCUT2D eigenvalue weighted by molar-refractivity contribution is 0.0788. The van der Waals surface area contributed by atoms with Gasteiger partial charge in [-0.15, -0.1) is 11.3 Å². The average Bonchev–Trinajstić information content (AvgIpc) is 3.34. The molecule has 5 nitrogen and oxygen atoms in total. The first kappa shape index (κ1) is 16.8. The van der Waals surface area contributed by atoms with Crippen LogP contribution in [0.15, 0.2) is 18.3 Å². The second-order valence-electron chi connectivity index (χ2n) is 7.12. The zero-order valence-electron chi connectivity index (χ0n) is 14.9. The highest BCUT2D eigenvalue weighted by Crippen LogP contribution is 2.33. The molecule has 2 aliphatic rings. The molecule has 0 aliphatic carbocycles. The minimum absolute atomic E-state index is 0.172. The van der Waals surface area contributed by atoms with Gasteiger partial charge in [-0.1, -0.05) is 0 Å². The highest BCUT2D eigenvalue weighted by molar-refractivity contribution is 7.13. The van der Waals surface area contributed by atoms with Crippen molar-refractivity contribution in [2.75, 3.05) is 26.3 Å². The molecule has 1 amide bonds. The van der Waals surface area contributed by atoms with Gasteiger partial charge in [-0.2, -0.15) is 0 Å². The monoisotopic (exact) mass is 359 g/mol. The van der Waals surface area contributed by atoms with Gasteiger partial charge < -0.3 is 14.2 Å². The Morgan fingerprint density at radius 2 is 2.04 bits per heavy atom. The molecule has 0 saturated carbocycles. The zero-order valence-corrected chi connectivity index (χ0v) is 15.7. The molecule has 0 N–H and O–H groups in total. The third-order valence-corrected chi connectivity index (χ3v) is 6.35. The summed E-state index contributed by atoms with van der Waals surface area (Å²) in [5, 5.41) is 0. The van der Waals surface area contributed by atoms with Crippen LogP contribution < -0.4 is 0 Å². The summed E-state index contributed by atoms with van der Waals surface area (Å²) in [6.45, 7) is 7.42. The molecule has 6 heteroatoms. The Morgan fingerprint density at radius 1 is 1.24 bits per heavy atom. The maximum atomic E-state index is 12.7. The molecule has 134 valence electrons. The van der Waals surface area contributed by atoms with Crippen molar-refractivity contribution in [3.05, 3.63) is 39.6 Å². The molecule has 2 aromatic rings. The fraction of sp³-hybridized carbons (Fsp3) is 0.579. The normalized spacial score (nSPS) is 21.8. The highest BCUT2D eigenvalue weighted by atomic mass is 32.1. The topological polar surface area (TPSA) is 47.4 Å². The van der Waals surface area contributed by atoms with Gasteiger partial charge in [0.05, 0.1) is 10.9 Å². The maximum Gasteiger partial charge on any atom is 0.263 e. The molecule has 0 bridgehead atoms. The molecule has 0 spiro atoms. The molecule has 2 aliphatic heterocycles. The summed E-state index contributed by atoms with van der Waals surface area (Å²) >= 11 is 1.59. The first-order chi connectivity index (χ1) is 12.1. The van der Waals surface area contributed by atoms with Crippen LogP contribution in [0.4, 0.5) is 0 Å². The molecule has 0 aromatic carbocycles. The average molecular weight is 359 g/mol. The van der Waals surface area contributed by atoms with Gasteiger partial charge in [-0.05, 0) is 45.2 Å². The van der Waals surface area contributed by atoms with Crippen LogP contribution in [-0.2, 0) is 4.74 Å². The Balaban J connectivity index is 1.52. The first-order valence-corrected chi connectivity index (χ1v) is 9.92. The highest BCUT2D eigenvalue weighted by Gasteiger charge is 2.32. The van der Waals surface area contributed by atoms with Gasteiger partial charge in [-0.3, -0.25) is 4.79 Å². The van der Waals surface area contributed by atoms with Crippen molar-refractivity contribution in [3.8, 4) is 0 Å². The van der Waals surface area contributed by atoms with E-state index >= 15 is 0 Å². The van der Waals surface area contributed by atoms with Crippen LogP contribution in [0.5, 0.6) is 0 Å². The Kier molecular flexibility index (Phi) is 4.65. The number of rotatable bonds is 3. The number of likely N-dealkylation sites (tertiary alicyclic amines) is 1. The zero-order chi connectivity index (χ0) is 17.4. The fourth-order valence-corrected chi connectivity index (χ4v) is 4.88. The van der Waals surface area contributed by atoms with E-state index in [-0.39, 0.29) is 5.91 Å². The number of ether oxygens (including phenoxy) is 1. The molecule has 4 rings (SSSR count). The van der Waals surface area contributed by atoms with Gasteiger partial charge >= 0.3 is 0 Å². The summed E-state index contributed by atoms with van der Waals surface area (Å²) in [4.78, 5) is 21.5. The number of amides is 1. The molecule has 0 radical (unpaired) electrons. The summed E-state index contributed by atoms with van der Waals surface area (Å²) in [5.74, 6) is 1.84. The third kappa shape index (κ3) is 3.25. The van der Waals surface area contributed by atoms with Gasteiger partial charge in [0.15, 0.2) is 0 Å². The van der Waals surface area contributed by atoms with Gasteiger partial charge in [0.1, 0.15) is 5.82 Å². The smallest absolute Gasteiger partial charge is 0.263 e. The van der Waals surface area contributed by atoms with E-state index in [1.165, 1.54) is 16.4 Å². The maximum absolute atomic E-state index is 12.7. The van der Waals surface area contributed by atoms with Crippen molar-refractivity contribution in [2.45, 2.75) is 45.1 Å². The van der Waals surface area contributed by atoms with E-state index in [9.17, 15) is 4.79 Å². The van der Waals surface area contributed by atoms with Crippen LogP contribution in [-0.4, -0.2) is 46.7 Å². The molecule has 4 heterocycles. The van der Waals surface area contributed by atoms with Crippen molar-refractivity contribution < 1.29 is 9.53 Å². The summed E-state index contributed by atoms with van der Waals surface area (Å²) in [6.07, 6.45) is 5.07. The van der Waals surface area contributed by atoms with Crippen molar-refractivity contribution in [3.63, 3.8) is 0 Å². The van der Waals surface area contributed by atoms with Crippen LogP contribution in [0.3, 0.4) is 0 Å². The van der Waals surface area contributed by atoms with Gasteiger partial charge in [0.2, 0.25) is 0 Å². The molecular formula is C19H25N3O2S. The minimum Gasteiger partial charge on any atom is -0.381 e. The van der Waals surface area contributed by atoms with Crippen molar-refractivity contribution >= 4 is 17.2 Å². The predicted molar refractivity (Wildman–Crippen MR) is 98.4 cm³/mol. The lowest BCUT2D eigenvalue weighted by Crippen LogP contribution is -2.29. The number of carbonyl (C=O) groups is 1. The molecule has 2 fully saturated rings. The van der Waals surface area contributed by atoms with E-state index in [0.717, 1.165) is 50.4 Å². The molecular weight excluding hydrogens is 334 g/mol. The SMILES string of the molecule is Cc1ccc(C(=O)N2CCC(n3c(C)cnc3C3CCOCC3)C2)s1. The summed E-state index contributed by atoms with van der Waals surface area (Å²) in [6, 6.07) is 4.31. The predicted octanol–water partition coefficient (Wildman–Crippen LogP) is 3.54. The van der Waals surface area contributed by atoms with Crippen LogP contribution in [0, 0.1) is 13.8 Å². The second kappa shape index (κ2) is 6.92. The largest absolute Gasteiger partial charge is 0.381 e. The quantitative estimate of drug-likeness (QED) is 0.842. The fourth-order valence-electron chi connectivity index (χ4n) is 4.04. The van der Waals surface area contributed by atoms with Crippen molar-refractivity contribution in [1.29, 1.82) is 0 Å². The Labute approximate surface area is 152 Å². The van der Waals surface area contributed by atoms with Gasteiger partial charge in [0.25, 0.3) is 5.91 Å². The molecule has 2 saturated heterocycles. The number of hydrogen-bond acceptors (Lipinski definition) is 4. The van der Waals surface area contributed by atoms with E-state index in [2.05, 4.69) is 11.5 Å². The Morgan fingerprint density at radius 3 is 2.76 bits per heavy atom. The first-order valence-electron chi connectivity index (χ1n) is 9.10. The standard InChI is InChI=1S/C19H25N3O2S/c1-13-11-20-18(15-6-9-24-10-7-15)22(13)16-5-8-21(12-16)19(23)17-4-3-14(2)25-17/h3-4,11,15-16H,5-10,12H2,1-2H3. The molecule has 1 unspecified atom stereocenters. The Bertz CT molecular complexity index is 761. The van der Waals surface area contributed by atoms with Crippen LogP contribution in [0.2, 0.25) is 0 Å². The van der Waals surface area contributed by atoms with Crippen LogP contribution in [0.1, 0.15) is 57.3 Å². The second-order valence-corrected chi connectivity index (χ2v) is 8.41. The number of thiophene rings is 1. The van der Waals surface area contributed by atoms with E-state index in [1.807, 2.05) is 30.2 Å². The summed E-state index contributed by atoms with van der Waals surface area (Å²) < 4.78 is 7.90. The number of aromatic nitrogens is 2. The van der Waals surface area contributed by atoms with E-state index in [1.54, 1.807) is 11.3 Å². The van der Waals surface area contributed by atoms with Crippen LogP contribution >= 0.6 is 11.3 Å². The lowest BCUT2D eigenvalue weighted by Gasteiger charge is -2.26. The van der Waals surface area contributed by atoms with E-state index in [0.29, 0.717) is 12.0 Å². The Hall–Kier alpha value is -1.66. The van der Waals surface area contributed by atoms with Crippen molar-refractivity contribution in [1.82, 2.24) is 14.5 Å². The van der Waals surface area contributed by atoms with E-state index < -0.39 is 0 Å². The van der Waals surface area contributed by atoms with Crippen molar-refractivity contribution in [2.24, 2.45) is 0 Å². The number of aryl methyl sites for hydroxylation is 2. The molecule has 25 heavy (non-hydrogen) atoms. The van der Waals surface area contributed by atoms with Gasteiger partial charge in [0, 0.05) is 49.0 Å². The minimum atomic E-state index is 0.172. The van der Waals surface area contributed by atoms with Crippen LogP contribution in [0.25, 0.3) is 0 Å². The lowest BCUT2D eigenvalue weighted by atomic mass is 9.99. The summed E-state index contributed by atoms with van der Waals surface area (Å²) in [5.41, 5.74) is 1.20. The molecule has 1 atom stereocenters. The molecule has 2 aromatic heterocycles. The number of hydrogen-bond donors (Lipinski definition) is 0. The third-order valence-electron chi connectivity index (χ3n) is 5.36.